The lowest BCUT2D eigenvalue weighted by molar-refractivity contribution is 0.557. The van der Waals surface area contributed by atoms with Gasteiger partial charge in [-0.05, 0) is 25.2 Å². The zero-order chi connectivity index (χ0) is 16.3. The molecule has 2 rings (SSSR count). The minimum atomic E-state index is 0.478. The first-order valence-corrected chi connectivity index (χ1v) is 11.2. The number of aliphatic imine (C=N–C) groups is 1. The summed E-state index contributed by atoms with van der Waals surface area (Å²) in [6.45, 7) is 4.64. The predicted octanol–water partition coefficient (Wildman–Crippen LogP) is 7.02. The van der Waals surface area contributed by atoms with Gasteiger partial charge in [-0.3, -0.25) is 4.99 Å². The van der Waals surface area contributed by atoms with Crippen LogP contribution in [0, 0.1) is 11.8 Å². The molecule has 1 aliphatic carbocycles. The molecule has 0 N–H and O–H groups in total. The van der Waals surface area contributed by atoms with E-state index >= 15 is 0 Å². The molecule has 2 unspecified atom stereocenters. The first kappa shape index (κ1) is 19.1. The van der Waals surface area contributed by atoms with E-state index in [1.807, 2.05) is 11.8 Å². The second-order valence-corrected chi connectivity index (χ2v) is 8.60. The Bertz CT molecular complexity index is 374. The third-order valence-electron chi connectivity index (χ3n) is 5.20. The number of hydrogen-bond acceptors (Lipinski definition) is 2. The molecule has 0 bridgehead atoms. The van der Waals surface area contributed by atoms with Crippen molar-refractivity contribution < 1.29 is 0 Å². The number of unbranched alkanes of at least 4 members (excludes halogenated alkanes) is 10. The topological polar surface area (TPSA) is 12.4 Å². The molecular weight excluding hydrogens is 298 g/mol. The molecule has 2 heteroatoms. The summed E-state index contributed by atoms with van der Waals surface area (Å²) < 4.78 is 0. The van der Waals surface area contributed by atoms with E-state index in [9.17, 15) is 0 Å². The van der Waals surface area contributed by atoms with Gasteiger partial charge in [-0.1, -0.05) is 83.8 Å². The predicted molar refractivity (Wildman–Crippen MR) is 107 cm³/mol. The summed E-state index contributed by atoms with van der Waals surface area (Å²) in [4.78, 5) is 4.88. The van der Waals surface area contributed by atoms with E-state index in [1.165, 1.54) is 87.8 Å². The monoisotopic (exact) mass is 335 g/mol. The van der Waals surface area contributed by atoms with Gasteiger partial charge in [-0.15, -0.1) is 11.8 Å². The van der Waals surface area contributed by atoms with E-state index in [0.717, 1.165) is 11.8 Å². The molecule has 0 radical (unpaired) electrons. The SMILES string of the molecule is CCCCCCCCCCCC/C=C\[C@@H]1CSC(C2CC2C)=N1. The van der Waals surface area contributed by atoms with E-state index in [2.05, 4.69) is 26.0 Å². The molecular formula is C21H37NS. The first-order valence-electron chi connectivity index (χ1n) is 10.2. The van der Waals surface area contributed by atoms with Gasteiger partial charge < -0.3 is 0 Å². The van der Waals surface area contributed by atoms with Crippen molar-refractivity contribution in [2.24, 2.45) is 16.8 Å². The molecule has 0 amide bonds. The summed E-state index contributed by atoms with van der Waals surface area (Å²) >= 11 is 2.01. The molecule has 0 spiro atoms. The fourth-order valence-electron chi connectivity index (χ4n) is 3.38. The van der Waals surface area contributed by atoms with Crippen LogP contribution in [0.15, 0.2) is 17.1 Å². The van der Waals surface area contributed by atoms with Gasteiger partial charge in [-0.2, -0.15) is 0 Å². The highest BCUT2D eigenvalue weighted by Crippen LogP contribution is 2.44. The summed E-state index contributed by atoms with van der Waals surface area (Å²) in [7, 11) is 0. The van der Waals surface area contributed by atoms with Crippen LogP contribution in [0.1, 0.15) is 90.9 Å². The maximum Gasteiger partial charge on any atom is 0.0783 e. The highest BCUT2D eigenvalue weighted by molar-refractivity contribution is 8.14. The van der Waals surface area contributed by atoms with Crippen molar-refractivity contribution in [1.82, 2.24) is 0 Å². The molecule has 0 aromatic heterocycles. The maximum absolute atomic E-state index is 4.88. The third-order valence-corrected chi connectivity index (χ3v) is 6.42. The normalized spacial score (nSPS) is 26.9. The Balaban J connectivity index is 1.39. The van der Waals surface area contributed by atoms with Gasteiger partial charge in [0.05, 0.1) is 11.1 Å². The molecule has 1 nitrogen and oxygen atoms in total. The van der Waals surface area contributed by atoms with Crippen LogP contribution in [-0.2, 0) is 0 Å². The Morgan fingerprint density at radius 2 is 1.61 bits per heavy atom. The second kappa shape index (κ2) is 11.3. The van der Waals surface area contributed by atoms with E-state index in [-0.39, 0.29) is 0 Å². The summed E-state index contributed by atoms with van der Waals surface area (Å²) in [5.41, 5.74) is 0. The average molecular weight is 336 g/mol. The van der Waals surface area contributed by atoms with Crippen molar-refractivity contribution in [3.63, 3.8) is 0 Å². The number of allylic oxidation sites excluding steroid dienone is 1. The van der Waals surface area contributed by atoms with Crippen LogP contribution in [0.25, 0.3) is 0 Å². The van der Waals surface area contributed by atoms with Crippen LogP contribution in [-0.4, -0.2) is 16.8 Å². The number of rotatable bonds is 13. The van der Waals surface area contributed by atoms with Crippen LogP contribution in [0.3, 0.4) is 0 Å². The molecule has 0 saturated heterocycles. The van der Waals surface area contributed by atoms with Crippen molar-refractivity contribution in [3.8, 4) is 0 Å². The molecule has 0 aromatic rings. The Labute approximate surface area is 148 Å². The highest BCUT2D eigenvalue weighted by atomic mass is 32.2. The van der Waals surface area contributed by atoms with Crippen molar-refractivity contribution in [2.45, 2.75) is 96.9 Å². The van der Waals surface area contributed by atoms with Crippen LogP contribution < -0.4 is 0 Å². The molecule has 132 valence electrons. The van der Waals surface area contributed by atoms with E-state index < -0.39 is 0 Å². The van der Waals surface area contributed by atoms with Crippen LogP contribution in [0.4, 0.5) is 0 Å². The standard InChI is InChI=1S/C21H37NS/c1-3-4-5-6-7-8-9-10-11-12-13-14-15-19-17-23-21(22-19)20-16-18(20)2/h14-15,18-20H,3-13,16-17H2,1-2H3/b15-14-/t18?,19-,20?/m1/s1. The third kappa shape index (κ3) is 7.92. The summed E-state index contributed by atoms with van der Waals surface area (Å²) in [6, 6.07) is 0.478. The van der Waals surface area contributed by atoms with Gasteiger partial charge in [-0.25, -0.2) is 0 Å². The van der Waals surface area contributed by atoms with Crippen LogP contribution in [0.2, 0.25) is 0 Å². The van der Waals surface area contributed by atoms with Gasteiger partial charge in [0.25, 0.3) is 0 Å². The summed E-state index contributed by atoms with van der Waals surface area (Å²) in [5.74, 6) is 2.91. The second-order valence-electron chi connectivity index (χ2n) is 7.56. The van der Waals surface area contributed by atoms with E-state index in [1.54, 1.807) is 0 Å². The molecule has 1 aliphatic heterocycles. The molecule has 2 aliphatic rings. The van der Waals surface area contributed by atoms with Gasteiger partial charge in [0.1, 0.15) is 0 Å². The Hall–Kier alpha value is -0.240. The van der Waals surface area contributed by atoms with Gasteiger partial charge >= 0.3 is 0 Å². The zero-order valence-corrected chi connectivity index (χ0v) is 16.3. The Morgan fingerprint density at radius 1 is 1.00 bits per heavy atom. The van der Waals surface area contributed by atoms with Crippen LogP contribution >= 0.6 is 11.8 Å². The molecule has 1 saturated carbocycles. The van der Waals surface area contributed by atoms with Crippen molar-refractivity contribution in [1.29, 1.82) is 0 Å². The lowest BCUT2D eigenvalue weighted by Gasteiger charge is -2.01. The molecule has 23 heavy (non-hydrogen) atoms. The Kier molecular flexibility index (Phi) is 9.41. The lowest BCUT2D eigenvalue weighted by Crippen LogP contribution is -1.97. The minimum Gasteiger partial charge on any atom is -0.274 e. The number of thioether (sulfide) groups is 1. The van der Waals surface area contributed by atoms with Gasteiger partial charge in [0, 0.05) is 11.7 Å². The summed E-state index contributed by atoms with van der Waals surface area (Å²) in [6.07, 6.45) is 21.6. The number of hydrogen-bond donors (Lipinski definition) is 0. The van der Waals surface area contributed by atoms with Crippen molar-refractivity contribution in [2.75, 3.05) is 5.75 Å². The lowest BCUT2D eigenvalue weighted by atomic mass is 10.1. The fourth-order valence-corrected chi connectivity index (χ4v) is 4.66. The van der Waals surface area contributed by atoms with E-state index in [4.69, 9.17) is 4.99 Å². The van der Waals surface area contributed by atoms with Gasteiger partial charge in [0.2, 0.25) is 0 Å². The van der Waals surface area contributed by atoms with Crippen molar-refractivity contribution >= 4 is 16.8 Å². The van der Waals surface area contributed by atoms with Crippen molar-refractivity contribution in [3.05, 3.63) is 12.2 Å². The largest absolute Gasteiger partial charge is 0.274 e. The van der Waals surface area contributed by atoms with E-state index in [0.29, 0.717) is 6.04 Å². The zero-order valence-electron chi connectivity index (χ0n) is 15.4. The molecule has 0 aromatic carbocycles. The average Bonchev–Trinajstić information content (AvgIpc) is 3.10. The number of nitrogens with zero attached hydrogens (tertiary/aromatic N) is 1. The Morgan fingerprint density at radius 3 is 2.22 bits per heavy atom. The maximum atomic E-state index is 4.88. The smallest absolute Gasteiger partial charge is 0.0783 e. The highest BCUT2D eigenvalue weighted by Gasteiger charge is 2.39. The quantitative estimate of drug-likeness (QED) is 0.260. The molecule has 3 atom stereocenters. The first-order chi connectivity index (χ1) is 11.3. The molecule has 1 fully saturated rings. The molecule has 1 heterocycles. The summed E-state index contributed by atoms with van der Waals surface area (Å²) in [5, 5.41) is 1.45. The fraction of sp³-hybridized carbons (Fsp3) is 0.857. The van der Waals surface area contributed by atoms with Gasteiger partial charge in [0.15, 0.2) is 0 Å². The van der Waals surface area contributed by atoms with Crippen LogP contribution in [0.5, 0.6) is 0 Å². The minimum absolute atomic E-state index is 0.478.